The Hall–Kier alpha value is -1.40. The van der Waals surface area contributed by atoms with Crippen molar-refractivity contribution in [3.63, 3.8) is 0 Å². The highest BCUT2D eigenvalue weighted by Gasteiger charge is 2.61. The molecule has 1 heterocycles. The summed E-state index contributed by atoms with van der Waals surface area (Å²) < 4.78 is 5.62. The van der Waals surface area contributed by atoms with E-state index in [0.717, 1.165) is 6.42 Å². The molecule has 3 aliphatic carbocycles. The first-order valence-electron chi connectivity index (χ1n) is 9.16. The van der Waals surface area contributed by atoms with Crippen molar-refractivity contribution in [2.24, 2.45) is 28.3 Å². The van der Waals surface area contributed by atoms with E-state index in [4.69, 9.17) is 4.74 Å². The number of Topliss-reactive ketones (excluding diaryl/α,β-unsaturated/α-hetero) is 2. The van der Waals surface area contributed by atoms with Gasteiger partial charge in [0.2, 0.25) is 0 Å². The number of hydrogen-bond acceptors (Lipinski definition) is 6. The molecule has 0 aromatic heterocycles. The molecule has 0 radical (unpaired) electrons. The molecule has 25 heavy (non-hydrogen) atoms. The molecular weight excluding hydrogens is 322 g/mol. The normalized spacial score (nSPS) is 45.7. The van der Waals surface area contributed by atoms with E-state index in [0.29, 0.717) is 30.6 Å². The van der Waals surface area contributed by atoms with Crippen molar-refractivity contribution in [2.45, 2.75) is 64.2 Å². The molecule has 6 heteroatoms. The van der Waals surface area contributed by atoms with Gasteiger partial charge in [-0.05, 0) is 43.3 Å². The van der Waals surface area contributed by atoms with Crippen molar-refractivity contribution in [3.8, 4) is 0 Å². The van der Waals surface area contributed by atoms with Gasteiger partial charge in [-0.15, -0.1) is 4.91 Å². The van der Waals surface area contributed by atoms with Crippen LogP contribution in [0, 0.1) is 28.1 Å². The number of nitroso groups, excluding NO2 is 1. The van der Waals surface area contributed by atoms with Crippen LogP contribution in [0.4, 0.5) is 0 Å². The van der Waals surface area contributed by atoms with E-state index in [1.807, 2.05) is 13.8 Å². The maximum atomic E-state index is 13.2. The van der Waals surface area contributed by atoms with Crippen LogP contribution in [0.15, 0.2) is 16.3 Å². The van der Waals surface area contributed by atoms with Crippen LogP contribution in [0.1, 0.15) is 46.5 Å². The molecule has 3 fully saturated rings. The largest absolute Gasteiger partial charge is 0.389 e. The van der Waals surface area contributed by atoms with Gasteiger partial charge < -0.3 is 9.84 Å². The summed E-state index contributed by atoms with van der Waals surface area (Å²) in [5.41, 5.74) is -1.26. The number of ketones is 2. The molecule has 0 spiro atoms. The van der Waals surface area contributed by atoms with E-state index in [-0.39, 0.29) is 41.8 Å². The van der Waals surface area contributed by atoms with Crippen LogP contribution in [-0.2, 0) is 14.3 Å². The lowest BCUT2D eigenvalue weighted by atomic mass is 9.51. The number of carbonyl (C=O) groups is 2. The minimum atomic E-state index is -1.26. The van der Waals surface area contributed by atoms with Gasteiger partial charge in [0.25, 0.3) is 0 Å². The van der Waals surface area contributed by atoms with Crippen LogP contribution in [-0.4, -0.2) is 41.0 Å². The number of carbonyl (C=O) groups excluding carboxylic acids is 2. The van der Waals surface area contributed by atoms with Gasteiger partial charge in [-0.1, -0.05) is 19.0 Å². The molecule has 6 unspecified atom stereocenters. The highest BCUT2D eigenvalue weighted by Crippen LogP contribution is 2.57. The average molecular weight is 347 g/mol. The van der Waals surface area contributed by atoms with Crippen LogP contribution >= 0.6 is 0 Å². The third kappa shape index (κ3) is 2.10. The van der Waals surface area contributed by atoms with Gasteiger partial charge in [0.05, 0.1) is 18.3 Å². The highest BCUT2D eigenvalue weighted by molar-refractivity contribution is 6.01. The zero-order chi connectivity index (χ0) is 18.1. The molecule has 0 aromatic rings. The van der Waals surface area contributed by atoms with E-state index in [1.54, 1.807) is 6.92 Å². The van der Waals surface area contributed by atoms with E-state index in [2.05, 4.69) is 5.18 Å². The number of nitrogens with zero attached hydrogens (tertiary/aromatic N) is 1. The number of aliphatic hydroxyl groups is 1. The van der Waals surface area contributed by atoms with Crippen LogP contribution in [0.3, 0.4) is 0 Å². The number of allylic oxidation sites excluding steroid dienone is 1. The summed E-state index contributed by atoms with van der Waals surface area (Å²) in [6.45, 7) is 5.91. The Bertz CT molecular complexity index is 696. The number of ether oxygens (including phenoxy) is 1. The van der Waals surface area contributed by atoms with Crippen molar-refractivity contribution >= 4 is 11.6 Å². The molecule has 136 valence electrons. The minimum Gasteiger partial charge on any atom is -0.389 e. The Labute approximate surface area is 147 Å². The minimum absolute atomic E-state index is 0.0383. The SMILES string of the molecule is CC1=C2C(N=O)C(=O)C3CCC4OCC4C3CC(O)(CC1=O)C2(C)C. The summed E-state index contributed by atoms with van der Waals surface area (Å²) in [6, 6.07) is -1.17. The van der Waals surface area contributed by atoms with Gasteiger partial charge in [-0.3, -0.25) is 9.59 Å². The predicted molar refractivity (Wildman–Crippen MR) is 89.7 cm³/mol. The zero-order valence-corrected chi connectivity index (χ0v) is 14.9. The molecule has 2 saturated carbocycles. The van der Waals surface area contributed by atoms with Crippen LogP contribution in [0.2, 0.25) is 0 Å². The number of hydrogen-bond donors (Lipinski definition) is 1. The van der Waals surface area contributed by atoms with Crippen molar-refractivity contribution < 1.29 is 19.4 Å². The molecule has 4 rings (SSSR count). The number of rotatable bonds is 1. The Kier molecular flexibility index (Phi) is 3.61. The Balaban J connectivity index is 1.89. The maximum Gasteiger partial charge on any atom is 0.173 e. The summed E-state index contributed by atoms with van der Waals surface area (Å²) in [7, 11) is 0. The molecule has 0 aromatic carbocycles. The number of fused-ring (bicyclic) bond motifs is 5. The van der Waals surface area contributed by atoms with Crippen molar-refractivity contribution in [1.82, 2.24) is 0 Å². The molecule has 4 aliphatic rings. The van der Waals surface area contributed by atoms with E-state index < -0.39 is 17.1 Å². The predicted octanol–water partition coefficient (Wildman–Crippen LogP) is 2.18. The van der Waals surface area contributed by atoms with E-state index in [1.165, 1.54) is 0 Å². The zero-order valence-electron chi connectivity index (χ0n) is 14.9. The second kappa shape index (κ2) is 5.30. The smallest absolute Gasteiger partial charge is 0.173 e. The summed E-state index contributed by atoms with van der Waals surface area (Å²) in [6.07, 6.45) is 2.04. The van der Waals surface area contributed by atoms with Gasteiger partial charge in [0.1, 0.15) is 0 Å². The van der Waals surface area contributed by atoms with Crippen molar-refractivity contribution in [1.29, 1.82) is 0 Å². The lowest BCUT2D eigenvalue weighted by Gasteiger charge is -2.57. The first kappa shape index (κ1) is 17.0. The van der Waals surface area contributed by atoms with Gasteiger partial charge in [-0.25, -0.2) is 0 Å². The fraction of sp³-hybridized carbons (Fsp3) is 0.789. The summed E-state index contributed by atoms with van der Waals surface area (Å²) in [4.78, 5) is 37.5. The molecule has 1 aliphatic heterocycles. The van der Waals surface area contributed by atoms with E-state index in [9.17, 15) is 19.6 Å². The lowest BCUT2D eigenvalue weighted by molar-refractivity contribution is -0.195. The summed E-state index contributed by atoms with van der Waals surface area (Å²) in [5, 5.41) is 14.7. The molecule has 2 bridgehead atoms. The fourth-order valence-electron chi connectivity index (χ4n) is 5.75. The Morgan fingerprint density at radius 1 is 1.20 bits per heavy atom. The van der Waals surface area contributed by atoms with Gasteiger partial charge >= 0.3 is 0 Å². The van der Waals surface area contributed by atoms with Crippen LogP contribution in [0.5, 0.6) is 0 Å². The van der Waals surface area contributed by atoms with E-state index >= 15 is 0 Å². The second-order valence-electron chi connectivity index (χ2n) is 8.79. The van der Waals surface area contributed by atoms with Crippen molar-refractivity contribution in [3.05, 3.63) is 16.1 Å². The van der Waals surface area contributed by atoms with Crippen molar-refractivity contribution in [2.75, 3.05) is 6.61 Å². The molecular formula is C19H25NO5. The summed E-state index contributed by atoms with van der Waals surface area (Å²) >= 11 is 0. The monoisotopic (exact) mass is 347 g/mol. The Morgan fingerprint density at radius 2 is 1.92 bits per heavy atom. The fourth-order valence-corrected chi connectivity index (χ4v) is 5.75. The maximum absolute atomic E-state index is 13.2. The average Bonchev–Trinajstić information content (AvgIpc) is 2.50. The van der Waals surface area contributed by atoms with Crippen LogP contribution in [0.25, 0.3) is 0 Å². The standard InChI is InChI=1S/C19H25NO5/c1-9-13(21)7-19(23)6-11-10(4-5-14-12(11)8-25-14)17(22)16(20-24)15(9)18(19,2)3/h10-12,14,16,23H,4-8H2,1-3H3. The molecule has 1 N–H and O–H groups in total. The first-order chi connectivity index (χ1) is 11.7. The molecule has 1 saturated heterocycles. The van der Waals surface area contributed by atoms with Gasteiger partial charge in [-0.2, -0.15) is 0 Å². The quantitative estimate of drug-likeness (QED) is 0.734. The van der Waals surface area contributed by atoms with Gasteiger partial charge in [0.15, 0.2) is 17.6 Å². The lowest BCUT2D eigenvalue weighted by Crippen LogP contribution is -2.62. The topological polar surface area (TPSA) is 93.0 Å². The highest BCUT2D eigenvalue weighted by atomic mass is 16.5. The third-order valence-electron chi connectivity index (χ3n) is 7.51. The summed E-state index contributed by atoms with van der Waals surface area (Å²) in [5.74, 6) is -0.482. The molecule has 6 nitrogen and oxygen atoms in total. The second-order valence-corrected chi connectivity index (χ2v) is 8.79. The van der Waals surface area contributed by atoms with Gasteiger partial charge in [0, 0.05) is 23.7 Å². The van der Waals surface area contributed by atoms with Crippen LogP contribution < -0.4 is 0 Å². The molecule has 6 atom stereocenters. The first-order valence-corrected chi connectivity index (χ1v) is 9.16. The third-order valence-corrected chi connectivity index (χ3v) is 7.51. The Morgan fingerprint density at radius 3 is 2.52 bits per heavy atom. The molecule has 0 amide bonds.